The van der Waals surface area contributed by atoms with Crippen LogP contribution >= 0.6 is 11.3 Å². The first-order chi connectivity index (χ1) is 10.9. The van der Waals surface area contributed by atoms with Crippen molar-refractivity contribution in [1.29, 1.82) is 0 Å². The molecule has 0 saturated carbocycles. The lowest BCUT2D eigenvalue weighted by molar-refractivity contribution is 0.180. The van der Waals surface area contributed by atoms with Crippen molar-refractivity contribution in [3.8, 4) is 0 Å². The third kappa shape index (κ3) is 3.77. The third-order valence-corrected chi connectivity index (χ3v) is 6.57. The summed E-state index contributed by atoms with van der Waals surface area (Å²) >= 11 is 1.62. The fourth-order valence-electron chi connectivity index (χ4n) is 2.59. The summed E-state index contributed by atoms with van der Waals surface area (Å²) < 4.78 is 39.5. The number of aromatic nitrogens is 1. The van der Waals surface area contributed by atoms with Crippen LogP contribution in [0, 0.1) is 12.7 Å². The van der Waals surface area contributed by atoms with Gasteiger partial charge in [-0.1, -0.05) is 0 Å². The molecule has 1 aliphatic heterocycles. The lowest BCUT2D eigenvalue weighted by Gasteiger charge is -2.33. The number of hydrogen-bond acceptors (Lipinski definition) is 5. The molecule has 0 spiro atoms. The third-order valence-electron chi connectivity index (χ3n) is 3.83. The summed E-state index contributed by atoms with van der Waals surface area (Å²) in [5.41, 5.74) is 1.03. The van der Waals surface area contributed by atoms with Crippen molar-refractivity contribution >= 4 is 21.4 Å². The molecule has 1 aliphatic rings. The fraction of sp³-hybridized carbons (Fsp3) is 0.400. The monoisotopic (exact) mass is 355 g/mol. The van der Waals surface area contributed by atoms with E-state index in [1.807, 2.05) is 12.3 Å². The summed E-state index contributed by atoms with van der Waals surface area (Å²) in [6.07, 6.45) is 0. The van der Waals surface area contributed by atoms with Crippen LogP contribution in [0.5, 0.6) is 0 Å². The van der Waals surface area contributed by atoms with E-state index in [-0.39, 0.29) is 4.90 Å². The number of hydrogen-bond donors (Lipinski definition) is 0. The second-order valence-corrected chi connectivity index (χ2v) is 8.49. The molecule has 23 heavy (non-hydrogen) atoms. The highest BCUT2D eigenvalue weighted by Gasteiger charge is 2.28. The predicted molar refractivity (Wildman–Crippen MR) is 87.3 cm³/mol. The van der Waals surface area contributed by atoms with Crippen LogP contribution in [0.2, 0.25) is 0 Å². The predicted octanol–water partition coefficient (Wildman–Crippen LogP) is 2.10. The SMILES string of the molecule is Cc1nc(CN2CCN(S(=O)(=O)c3ccc(F)cc3)CC2)cs1. The minimum Gasteiger partial charge on any atom is -0.295 e. The molecule has 0 aliphatic carbocycles. The van der Waals surface area contributed by atoms with E-state index in [2.05, 4.69) is 9.88 Å². The normalized spacial score (nSPS) is 17.5. The van der Waals surface area contributed by atoms with Gasteiger partial charge in [-0.2, -0.15) is 4.31 Å². The van der Waals surface area contributed by atoms with Gasteiger partial charge >= 0.3 is 0 Å². The van der Waals surface area contributed by atoms with Crippen LogP contribution in [-0.4, -0.2) is 48.8 Å². The maximum atomic E-state index is 13.0. The zero-order valence-electron chi connectivity index (χ0n) is 12.8. The molecule has 124 valence electrons. The second kappa shape index (κ2) is 6.64. The van der Waals surface area contributed by atoms with Gasteiger partial charge in [0.15, 0.2) is 0 Å². The zero-order valence-corrected chi connectivity index (χ0v) is 14.4. The molecule has 5 nitrogen and oxygen atoms in total. The lowest BCUT2D eigenvalue weighted by Crippen LogP contribution is -2.48. The summed E-state index contributed by atoms with van der Waals surface area (Å²) in [5.74, 6) is -0.438. The lowest BCUT2D eigenvalue weighted by atomic mass is 10.3. The van der Waals surface area contributed by atoms with Gasteiger partial charge in [0.05, 0.1) is 15.6 Å². The number of rotatable bonds is 4. The zero-order chi connectivity index (χ0) is 16.4. The van der Waals surface area contributed by atoms with Gasteiger partial charge in [-0.25, -0.2) is 17.8 Å². The smallest absolute Gasteiger partial charge is 0.243 e. The van der Waals surface area contributed by atoms with E-state index >= 15 is 0 Å². The first kappa shape index (κ1) is 16.5. The number of benzene rings is 1. The Kier molecular flexibility index (Phi) is 4.77. The van der Waals surface area contributed by atoms with Crippen LogP contribution in [0.4, 0.5) is 4.39 Å². The van der Waals surface area contributed by atoms with Crippen molar-refractivity contribution in [2.24, 2.45) is 0 Å². The molecular formula is C15H18FN3O2S2. The molecule has 0 radical (unpaired) electrons. The number of halogens is 1. The molecule has 3 rings (SSSR count). The van der Waals surface area contributed by atoms with Gasteiger partial charge in [0, 0.05) is 38.1 Å². The minimum absolute atomic E-state index is 0.141. The number of piperazine rings is 1. The van der Waals surface area contributed by atoms with E-state index in [0.29, 0.717) is 26.2 Å². The van der Waals surface area contributed by atoms with Crippen LogP contribution in [-0.2, 0) is 16.6 Å². The molecule has 0 bridgehead atoms. The summed E-state index contributed by atoms with van der Waals surface area (Å²) in [7, 11) is -3.54. The van der Waals surface area contributed by atoms with E-state index < -0.39 is 15.8 Å². The summed E-state index contributed by atoms with van der Waals surface area (Å²) in [6, 6.07) is 4.98. The van der Waals surface area contributed by atoms with Crippen molar-refractivity contribution in [3.05, 3.63) is 46.2 Å². The van der Waals surface area contributed by atoms with Gasteiger partial charge in [-0.3, -0.25) is 4.90 Å². The Balaban J connectivity index is 1.62. The van der Waals surface area contributed by atoms with Crippen molar-refractivity contribution in [1.82, 2.24) is 14.2 Å². The highest BCUT2D eigenvalue weighted by molar-refractivity contribution is 7.89. The molecule has 2 aromatic rings. The minimum atomic E-state index is -3.54. The van der Waals surface area contributed by atoms with Crippen LogP contribution in [0.1, 0.15) is 10.7 Å². The molecule has 1 aromatic carbocycles. The molecule has 0 atom stereocenters. The van der Waals surface area contributed by atoms with Crippen molar-refractivity contribution in [2.45, 2.75) is 18.4 Å². The van der Waals surface area contributed by atoms with E-state index in [1.165, 1.54) is 28.6 Å². The Morgan fingerprint density at radius 1 is 1.17 bits per heavy atom. The Morgan fingerprint density at radius 2 is 1.83 bits per heavy atom. The van der Waals surface area contributed by atoms with Crippen LogP contribution in [0.25, 0.3) is 0 Å². The Morgan fingerprint density at radius 3 is 2.39 bits per heavy atom. The van der Waals surface area contributed by atoms with E-state index in [1.54, 1.807) is 11.3 Å². The van der Waals surface area contributed by atoms with Gasteiger partial charge in [0.2, 0.25) is 10.0 Å². The molecule has 1 fully saturated rings. The topological polar surface area (TPSA) is 53.5 Å². The van der Waals surface area contributed by atoms with Gasteiger partial charge in [0.1, 0.15) is 5.82 Å². The van der Waals surface area contributed by atoms with Crippen molar-refractivity contribution in [3.63, 3.8) is 0 Å². The number of aryl methyl sites for hydroxylation is 1. The Labute approximate surface area is 139 Å². The van der Waals surface area contributed by atoms with Crippen LogP contribution < -0.4 is 0 Å². The maximum Gasteiger partial charge on any atom is 0.243 e. The first-order valence-corrected chi connectivity index (χ1v) is 9.66. The highest BCUT2D eigenvalue weighted by Crippen LogP contribution is 2.19. The maximum absolute atomic E-state index is 13.0. The van der Waals surface area contributed by atoms with E-state index in [0.717, 1.165) is 17.2 Å². The van der Waals surface area contributed by atoms with Gasteiger partial charge < -0.3 is 0 Å². The Bertz CT molecular complexity index is 766. The van der Waals surface area contributed by atoms with Crippen LogP contribution in [0.15, 0.2) is 34.5 Å². The second-order valence-electron chi connectivity index (χ2n) is 5.49. The molecule has 0 N–H and O–H groups in total. The van der Waals surface area contributed by atoms with E-state index in [4.69, 9.17) is 0 Å². The highest BCUT2D eigenvalue weighted by atomic mass is 32.2. The van der Waals surface area contributed by atoms with Crippen LogP contribution in [0.3, 0.4) is 0 Å². The molecule has 0 unspecified atom stereocenters. The first-order valence-electron chi connectivity index (χ1n) is 7.34. The molecule has 1 saturated heterocycles. The average Bonchev–Trinajstić information content (AvgIpc) is 2.93. The molecule has 2 heterocycles. The fourth-order valence-corrected chi connectivity index (χ4v) is 4.62. The van der Waals surface area contributed by atoms with Gasteiger partial charge in [-0.05, 0) is 31.2 Å². The van der Waals surface area contributed by atoms with Crippen molar-refractivity contribution in [2.75, 3.05) is 26.2 Å². The van der Waals surface area contributed by atoms with Gasteiger partial charge in [-0.15, -0.1) is 11.3 Å². The quantitative estimate of drug-likeness (QED) is 0.843. The largest absolute Gasteiger partial charge is 0.295 e. The molecular weight excluding hydrogens is 337 g/mol. The molecule has 8 heteroatoms. The Hall–Kier alpha value is -1.35. The molecule has 1 aromatic heterocycles. The molecule has 0 amide bonds. The number of nitrogens with zero attached hydrogens (tertiary/aromatic N) is 3. The standard InChI is InChI=1S/C15H18FN3O2S2/c1-12-17-14(11-22-12)10-18-6-8-19(9-7-18)23(20,21)15-4-2-13(16)3-5-15/h2-5,11H,6-10H2,1H3. The van der Waals surface area contributed by atoms with Crippen molar-refractivity contribution < 1.29 is 12.8 Å². The van der Waals surface area contributed by atoms with E-state index in [9.17, 15) is 12.8 Å². The summed E-state index contributed by atoms with van der Waals surface area (Å²) in [5, 5.41) is 3.08. The number of thiazole rings is 1. The number of sulfonamides is 1. The summed E-state index contributed by atoms with van der Waals surface area (Å²) in [6.45, 7) is 4.91. The van der Waals surface area contributed by atoms with Gasteiger partial charge in [0.25, 0.3) is 0 Å². The summed E-state index contributed by atoms with van der Waals surface area (Å²) in [4.78, 5) is 6.78. The average molecular weight is 355 g/mol.